The second-order valence-corrected chi connectivity index (χ2v) is 5.24. The molecule has 3 nitrogen and oxygen atoms in total. The van der Waals surface area contributed by atoms with Gasteiger partial charge in [0.2, 0.25) is 0 Å². The lowest BCUT2D eigenvalue weighted by Gasteiger charge is -2.35. The summed E-state index contributed by atoms with van der Waals surface area (Å²) in [5.74, 6) is 0. The normalized spacial score (nSPS) is 19.9. The summed E-state index contributed by atoms with van der Waals surface area (Å²) >= 11 is 5.84. The van der Waals surface area contributed by atoms with E-state index in [0.29, 0.717) is 11.6 Å². The number of halogens is 1. The molecule has 2 rings (SSSR count). The van der Waals surface area contributed by atoms with Crippen LogP contribution in [0.3, 0.4) is 0 Å². The summed E-state index contributed by atoms with van der Waals surface area (Å²) in [4.78, 5) is 4.76. The van der Waals surface area contributed by atoms with E-state index in [1.54, 1.807) is 0 Å². The molecular weight excluding hydrogens is 248 g/mol. The number of hydrogen-bond donors (Lipinski definition) is 1. The van der Waals surface area contributed by atoms with Gasteiger partial charge in [-0.1, -0.05) is 30.7 Å². The van der Waals surface area contributed by atoms with E-state index in [2.05, 4.69) is 16.7 Å². The Morgan fingerprint density at radius 1 is 1.11 bits per heavy atom. The van der Waals surface area contributed by atoms with Crippen molar-refractivity contribution in [2.24, 2.45) is 0 Å². The molecular formula is C14H21ClN2O. The number of hydrogen-bond acceptors (Lipinski definition) is 3. The van der Waals surface area contributed by atoms with E-state index in [0.717, 1.165) is 38.3 Å². The van der Waals surface area contributed by atoms with Crippen LogP contribution < -0.4 is 0 Å². The summed E-state index contributed by atoms with van der Waals surface area (Å²) in [6, 6.07) is 7.45. The van der Waals surface area contributed by atoms with Crippen LogP contribution in [0.4, 0.5) is 0 Å². The Hall–Kier alpha value is -0.610. The quantitative estimate of drug-likeness (QED) is 0.905. The first-order valence-electron chi connectivity index (χ1n) is 6.57. The predicted molar refractivity (Wildman–Crippen MR) is 75.0 cm³/mol. The molecule has 1 aliphatic rings. The van der Waals surface area contributed by atoms with Gasteiger partial charge in [-0.25, -0.2) is 0 Å². The summed E-state index contributed by atoms with van der Waals surface area (Å²) in [6.07, 6.45) is -0.421. The summed E-state index contributed by atoms with van der Waals surface area (Å²) < 4.78 is 0. The van der Waals surface area contributed by atoms with Gasteiger partial charge in [0.15, 0.2) is 0 Å². The molecule has 1 N–H and O–H groups in total. The Bertz CT molecular complexity index is 361. The minimum absolute atomic E-state index is 0.421. The van der Waals surface area contributed by atoms with Crippen molar-refractivity contribution >= 4 is 11.6 Å². The second-order valence-electron chi connectivity index (χ2n) is 4.80. The number of likely N-dealkylation sites (N-methyl/N-ethyl adjacent to an activating group) is 1. The molecule has 0 saturated carbocycles. The number of benzene rings is 1. The molecule has 18 heavy (non-hydrogen) atoms. The van der Waals surface area contributed by atoms with E-state index in [-0.39, 0.29) is 0 Å². The molecule has 1 aliphatic heterocycles. The minimum Gasteiger partial charge on any atom is -0.387 e. The van der Waals surface area contributed by atoms with E-state index >= 15 is 0 Å². The zero-order valence-electron chi connectivity index (χ0n) is 10.8. The van der Waals surface area contributed by atoms with Crippen LogP contribution >= 0.6 is 11.6 Å². The average molecular weight is 269 g/mol. The van der Waals surface area contributed by atoms with Crippen LogP contribution in [-0.2, 0) is 0 Å². The van der Waals surface area contributed by atoms with Crippen LogP contribution in [0.1, 0.15) is 18.6 Å². The molecule has 0 aliphatic carbocycles. The molecule has 1 fully saturated rings. The van der Waals surface area contributed by atoms with Crippen molar-refractivity contribution in [2.45, 2.75) is 13.0 Å². The third-order valence-corrected chi connectivity index (χ3v) is 3.85. The summed E-state index contributed by atoms with van der Waals surface area (Å²) in [7, 11) is 0. The summed E-state index contributed by atoms with van der Waals surface area (Å²) in [5.41, 5.74) is 0.942. The number of aliphatic hydroxyl groups is 1. The zero-order chi connectivity index (χ0) is 13.0. The van der Waals surface area contributed by atoms with E-state index in [4.69, 9.17) is 11.6 Å². The van der Waals surface area contributed by atoms with Crippen LogP contribution in [0.5, 0.6) is 0 Å². The van der Waals surface area contributed by atoms with Crippen LogP contribution in [-0.4, -0.2) is 54.2 Å². The number of aliphatic hydroxyl groups excluding tert-OH is 1. The minimum atomic E-state index is -0.421. The van der Waals surface area contributed by atoms with Crippen LogP contribution in [0.15, 0.2) is 24.3 Å². The lowest BCUT2D eigenvalue weighted by atomic mass is 10.1. The Kier molecular flexibility index (Phi) is 5.01. The smallest absolute Gasteiger partial charge is 0.0916 e. The first-order chi connectivity index (χ1) is 8.69. The molecule has 1 saturated heterocycles. The highest BCUT2D eigenvalue weighted by molar-refractivity contribution is 6.30. The van der Waals surface area contributed by atoms with Crippen LogP contribution in [0.25, 0.3) is 0 Å². The lowest BCUT2D eigenvalue weighted by Crippen LogP contribution is -2.47. The molecule has 1 aromatic carbocycles. The molecule has 4 heteroatoms. The first-order valence-corrected chi connectivity index (χ1v) is 6.95. The molecule has 0 bridgehead atoms. The zero-order valence-corrected chi connectivity index (χ0v) is 11.6. The third kappa shape index (κ3) is 3.69. The fourth-order valence-corrected chi connectivity index (χ4v) is 2.45. The number of piperazine rings is 1. The van der Waals surface area contributed by atoms with Gasteiger partial charge < -0.3 is 10.0 Å². The Balaban J connectivity index is 1.84. The summed E-state index contributed by atoms with van der Waals surface area (Å²) in [6.45, 7) is 8.30. The average Bonchev–Trinajstić information content (AvgIpc) is 2.40. The van der Waals surface area contributed by atoms with Crippen LogP contribution in [0, 0.1) is 0 Å². The van der Waals surface area contributed by atoms with Crippen molar-refractivity contribution in [3.8, 4) is 0 Å². The fourth-order valence-electron chi connectivity index (χ4n) is 2.32. The van der Waals surface area contributed by atoms with Crippen molar-refractivity contribution in [3.63, 3.8) is 0 Å². The van der Waals surface area contributed by atoms with Gasteiger partial charge >= 0.3 is 0 Å². The monoisotopic (exact) mass is 268 g/mol. The molecule has 1 heterocycles. The van der Waals surface area contributed by atoms with Gasteiger partial charge in [-0.05, 0) is 24.2 Å². The molecule has 0 spiro atoms. The SMILES string of the molecule is CCN1CCN(CC(O)c2ccc(Cl)cc2)CC1. The standard InChI is InChI=1S/C14H21ClN2O/c1-2-16-7-9-17(10-8-16)11-14(18)12-3-5-13(15)6-4-12/h3-6,14,18H,2,7-11H2,1H3. The molecule has 0 radical (unpaired) electrons. The van der Waals surface area contributed by atoms with E-state index in [1.165, 1.54) is 0 Å². The molecule has 1 atom stereocenters. The van der Waals surface area contributed by atoms with Gasteiger partial charge in [0, 0.05) is 37.7 Å². The Labute approximate surface area is 114 Å². The largest absolute Gasteiger partial charge is 0.387 e. The number of rotatable bonds is 4. The molecule has 0 aromatic heterocycles. The van der Waals surface area contributed by atoms with Crippen molar-refractivity contribution in [2.75, 3.05) is 39.3 Å². The maximum Gasteiger partial charge on any atom is 0.0916 e. The van der Waals surface area contributed by atoms with Crippen molar-refractivity contribution < 1.29 is 5.11 Å². The maximum absolute atomic E-state index is 10.2. The summed E-state index contributed by atoms with van der Waals surface area (Å²) in [5, 5.41) is 10.9. The number of β-amino-alcohol motifs (C(OH)–C–C–N with tert-alkyl or cyclic N) is 1. The lowest BCUT2D eigenvalue weighted by molar-refractivity contribution is 0.0744. The van der Waals surface area contributed by atoms with E-state index < -0.39 is 6.10 Å². The van der Waals surface area contributed by atoms with Gasteiger partial charge in [-0.15, -0.1) is 0 Å². The second kappa shape index (κ2) is 6.53. The van der Waals surface area contributed by atoms with Gasteiger partial charge in [-0.3, -0.25) is 4.90 Å². The number of nitrogens with zero attached hydrogens (tertiary/aromatic N) is 2. The molecule has 0 amide bonds. The highest BCUT2D eigenvalue weighted by Gasteiger charge is 2.18. The molecule has 1 aromatic rings. The van der Waals surface area contributed by atoms with Crippen molar-refractivity contribution in [3.05, 3.63) is 34.9 Å². The van der Waals surface area contributed by atoms with Crippen LogP contribution in [0.2, 0.25) is 5.02 Å². The van der Waals surface area contributed by atoms with E-state index in [9.17, 15) is 5.11 Å². The molecule has 100 valence electrons. The van der Waals surface area contributed by atoms with Gasteiger partial charge in [0.1, 0.15) is 0 Å². The van der Waals surface area contributed by atoms with E-state index in [1.807, 2.05) is 24.3 Å². The van der Waals surface area contributed by atoms with Gasteiger partial charge in [0.25, 0.3) is 0 Å². The maximum atomic E-state index is 10.2. The molecule has 1 unspecified atom stereocenters. The third-order valence-electron chi connectivity index (χ3n) is 3.60. The van der Waals surface area contributed by atoms with Gasteiger partial charge in [-0.2, -0.15) is 0 Å². The van der Waals surface area contributed by atoms with Gasteiger partial charge in [0.05, 0.1) is 6.10 Å². The van der Waals surface area contributed by atoms with Crippen molar-refractivity contribution in [1.29, 1.82) is 0 Å². The fraction of sp³-hybridized carbons (Fsp3) is 0.571. The predicted octanol–water partition coefficient (Wildman–Crippen LogP) is 2.01. The highest BCUT2D eigenvalue weighted by Crippen LogP contribution is 2.18. The Morgan fingerprint density at radius 3 is 2.22 bits per heavy atom. The van der Waals surface area contributed by atoms with Crippen molar-refractivity contribution in [1.82, 2.24) is 9.80 Å². The topological polar surface area (TPSA) is 26.7 Å². The Morgan fingerprint density at radius 2 is 1.67 bits per heavy atom. The first kappa shape index (κ1) is 13.8. The highest BCUT2D eigenvalue weighted by atomic mass is 35.5.